The summed E-state index contributed by atoms with van der Waals surface area (Å²) in [5, 5.41) is 0. The van der Waals surface area contributed by atoms with E-state index in [1.54, 1.807) is 0 Å². The van der Waals surface area contributed by atoms with Gasteiger partial charge in [-0.2, -0.15) is 0 Å². The summed E-state index contributed by atoms with van der Waals surface area (Å²) in [6.07, 6.45) is 9.73. The van der Waals surface area contributed by atoms with Crippen LogP contribution in [-0.2, 0) is 4.79 Å². The van der Waals surface area contributed by atoms with Crippen LogP contribution in [0.4, 0.5) is 0 Å². The molecule has 2 aliphatic rings. The molecule has 0 heterocycles. The maximum atomic E-state index is 11.7. The number of ketones is 1. The Morgan fingerprint density at radius 2 is 2.33 bits per heavy atom. The molecule has 0 N–H and O–H groups in total. The standard InChI is InChI=1S/C11H16O/c1-11-8-3-2-5-9(11)6-4-7-10(11)12/h2-3,9H,4-8H2,1H3/t9-,11-/m0/s1. The smallest absolute Gasteiger partial charge is 0.139 e. The van der Waals surface area contributed by atoms with Crippen molar-refractivity contribution in [2.75, 3.05) is 0 Å². The number of carbonyl (C=O) groups excluding carboxylic acids is 1. The van der Waals surface area contributed by atoms with Crippen LogP contribution in [0.5, 0.6) is 0 Å². The maximum Gasteiger partial charge on any atom is 0.139 e. The zero-order valence-corrected chi connectivity index (χ0v) is 7.68. The van der Waals surface area contributed by atoms with Gasteiger partial charge in [-0.1, -0.05) is 19.1 Å². The second-order valence-corrected chi connectivity index (χ2v) is 4.34. The van der Waals surface area contributed by atoms with Crippen molar-refractivity contribution in [3.63, 3.8) is 0 Å². The largest absolute Gasteiger partial charge is 0.299 e. The highest BCUT2D eigenvalue weighted by molar-refractivity contribution is 5.85. The third kappa shape index (κ3) is 1.03. The minimum atomic E-state index is 0.00694. The molecule has 0 aromatic carbocycles. The zero-order valence-electron chi connectivity index (χ0n) is 7.68. The molecule has 0 amide bonds. The lowest BCUT2D eigenvalue weighted by Gasteiger charge is -2.41. The van der Waals surface area contributed by atoms with Crippen molar-refractivity contribution < 1.29 is 4.79 Å². The lowest BCUT2D eigenvalue weighted by atomic mass is 9.62. The number of fused-ring (bicyclic) bond motifs is 1. The van der Waals surface area contributed by atoms with Gasteiger partial charge in [0.25, 0.3) is 0 Å². The van der Waals surface area contributed by atoms with Crippen molar-refractivity contribution in [2.45, 2.75) is 39.0 Å². The van der Waals surface area contributed by atoms with Gasteiger partial charge >= 0.3 is 0 Å². The van der Waals surface area contributed by atoms with E-state index >= 15 is 0 Å². The molecule has 12 heavy (non-hydrogen) atoms. The van der Waals surface area contributed by atoms with Gasteiger partial charge in [0.1, 0.15) is 5.78 Å². The predicted molar refractivity (Wildman–Crippen MR) is 48.8 cm³/mol. The first kappa shape index (κ1) is 8.03. The molecular formula is C11H16O. The highest BCUT2D eigenvalue weighted by Gasteiger charge is 2.42. The van der Waals surface area contributed by atoms with Crippen LogP contribution in [0.3, 0.4) is 0 Å². The molecule has 0 unspecified atom stereocenters. The number of carbonyl (C=O) groups is 1. The van der Waals surface area contributed by atoms with Crippen LogP contribution in [0.15, 0.2) is 12.2 Å². The number of Topliss-reactive ketones (excluding diaryl/α,β-unsaturated/α-hetero) is 1. The van der Waals surface area contributed by atoms with E-state index < -0.39 is 0 Å². The molecule has 2 atom stereocenters. The first-order chi connectivity index (χ1) is 5.73. The minimum Gasteiger partial charge on any atom is -0.299 e. The van der Waals surface area contributed by atoms with E-state index in [1.807, 2.05) is 0 Å². The summed E-state index contributed by atoms with van der Waals surface area (Å²) < 4.78 is 0. The van der Waals surface area contributed by atoms with Crippen LogP contribution in [0.25, 0.3) is 0 Å². The SMILES string of the molecule is C[C@]12CC=CC[C@H]1CCCC2=O. The van der Waals surface area contributed by atoms with Crippen LogP contribution < -0.4 is 0 Å². The molecular weight excluding hydrogens is 148 g/mol. The summed E-state index contributed by atoms with van der Waals surface area (Å²) >= 11 is 0. The van der Waals surface area contributed by atoms with Gasteiger partial charge in [0.2, 0.25) is 0 Å². The summed E-state index contributed by atoms with van der Waals surface area (Å²) in [7, 11) is 0. The monoisotopic (exact) mass is 164 g/mol. The van der Waals surface area contributed by atoms with E-state index in [-0.39, 0.29) is 5.41 Å². The lowest BCUT2D eigenvalue weighted by Crippen LogP contribution is -2.40. The van der Waals surface area contributed by atoms with Gasteiger partial charge in [-0.25, -0.2) is 0 Å². The fourth-order valence-electron chi connectivity index (χ4n) is 2.59. The second-order valence-electron chi connectivity index (χ2n) is 4.34. The van der Waals surface area contributed by atoms with Gasteiger partial charge in [0, 0.05) is 11.8 Å². The molecule has 0 aromatic heterocycles. The summed E-state index contributed by atoms with van der Waals surface area (Å²) in [5.41, 5.74) is 0.00694. The minimum absolute atomic E-state index is 0.00694. The molecule has 2 aliphatic carbocycles. The van der Waals surface area contributed by atoms with E-state index in [4.69, 9.17) is 0 Å². The van der Waals surface area contributed by atoms with Gasteiger partial charge in [-0.15, -0.1) is 0 Å². The fraction of sp³-hybridized carbons (Fsp3) is 0.727. The first-order valence-electron chi connectivity index (χ1n) is 4.92. The van der Waals surface area contributed by atoms with Gasteiger partial charge < -0.3 is 0 Å². The average molecular weight is 164 g/mol. The Morgan fingerprint density at radius 3 is 3.08 bits per heavy atom. The summed E-state index contributed by atoms with van der Waals surface area (Å²) in [4.78, 5) is 11.7. The Bertz CT molecular complexity index is 229. The summed E-state index contributed by atoms with van der Waals surface area (Å²) in [6.45, 7) is 2.16. The normalized spacial score (nSPS) is 41.1. The number of hydrogen-bond donors (Lipinski definition) is 0. The third-order valence-electron chi connectivity index (χ3n) is 3.62. The Labute approximate surface area is 73.8 Å². The van der Waals surface area contributed by atoms with Gasteiger partial charge in [-0.3, -0.25) is 4.79 Å². The van der Waals surface area contributed by atoms with Crippen molar-refractivity contribution in [3.8, 4) is 0 Å². The van der Waals surface area contributed by atoms with Crippen molar-refractivity contribution in [1.29, 1.82) is 0 Å². The number of rotatable bonds is 0. The highest BCUT2D eigenvalue weighted by atomic mass is 16.1. The first-order valence-corrected chi connectivity index (χ1v) is 4.92. The van der Waals surface area contributed by atoms with Gasteiger partial charge in [-0.05, 0) is 31.6 Å². The molecule has 0 spiro atoms. The molecule has 1 fully saturated rings. The lowest BCUT2D eigenvalue weighted by molar-refractivity contribution is -0.134. The molecule has 0 aromatic rings. The second kappa shape index (κ2) is 2.72. The van der Waals surface area contributed by atoms with Crippen molar-refractivity contribution in [2.24, 2.45) is 11.3 Å². The molecule has 1 nitrogen and oxygen atoms in total. The Hall–Kier alpha value is -0.590. The van der Waals surface area contributed by atoms with Gasteiger partial charge in [0.05, 0.1) is 0 Å². The fourth-order valence-corrected chi connectivity index (χ4v) is 2.59. The quantitative estimate of drug-likeness (QED) is 0.503. The molecule has 1 saturated carbocycles. The van der Waals surface area contributed by atoms with Crippen LogP contribution >= 0.6 is 0 Å². The molecule has 0 aliphatic heterocycles. The Morgan fingerprint density at radius 1 is 1.50 bits per heavy atom. The molecule has 66 valence electrons. The van der Waals surface area contributed by atoms with Crippen molar-refractivity contribution in [3.05, 3.63) is 12.2 Å². The van der Waals surface area contributed by atoms with Crippen LogP contribution in [0.2, 0.25) is 0 Å². The van der Waals surface area contributed by atoms with Crippen LogP contribution in [-0.4, -0.2) is 5.78 Å². The predicted octanol–water partition coefficient (Wildman–Crippen LogP) is 2.71. The molecule has 0 bridgehead atoms. The van der Waals surface area contributed by atoms with E-state index in [2.05, 4.69) is 19.1 Å². The molecule has 0 saturated heterocycles. The van der Waals surface area contributed by atoms with Crippen LogP contribution in [0.1, 0.15) is 39.0 Å². The Balaban J connectivity index is 2.27. The highest BCUT2D eigenvalue weighted by Crippen LogP contribution is 2.45. The van der Waals surface area contributed by atoms with Gasteiger partial charge in [0.15, 0.2) is 0 Å². The van der Waals surface area contributed by atoms with E-state index in [1.165, 1.54) is 6.42 Å². The maximum absolute atomic E-state index is 11.7. The van der Waals surface area contributed by atoms with Crippen molar-refractivity contribution in [1.82, 2.24) is 0 Å². The van der Waals surface area contributed by atoms with Crippen molar-refractivity contribution >= 4 is 5.78 Å². The van der Waals surface area contributed by atoms with Crippen LogP contribution in [0, 0.1) is 11.3 Å². The van der Waals surface area contributed by atoms with E-state index in [0.29, 0.717) is 11.7 Å². The summed E-state index contributed by atoms with van der Waals surface area (Å²) in [5.74, 6) is 1.15. The number of hydrogen-bond acceptors (Lipinski definition) is 1. The molecule has 1 heteroatoms. The van der Waals surface area contributed by atoms with E-state index in [0.717, 1.165) is 25.7 Å². The Kier molecular flexibility index (Phi) is 1.82. The average Bonchev–Trinajstić information content (AvgIpc) is 2.07. The number of allylic oxidation sites excluding steroid dienone is 2. The molecule has 0 radical (unpaired) electrons. The van der Waals surface area contributed by atoms with E-state index in [9.17, 15) is 4.79 Å². The molecule has 2 rings (SSSR count). The topological polar surface area (TPSA) is 17.1 Å². The zero-order chi connectivity index (χ0) is 8.60. The summed E-state index contributed by atoms with van der Waals surface area (Å²) in [6, 6.07) is 0. The third-order valence-corrected chi connectivity index (χ3v) is 3.62.